The van der Waals surface area contributed by atoms with Crippen molar-refractivity contribution in [3.05, 3.63) is 33.8 Å². The molecule has 1 aromatic carbocycles. The summed E-state index contributed by atoms with van der Waals surface area (Å²) in [6.45, 7) is 2.65. The van der Waals surface area contributed by atoms with E-state index in [2.05, 4.69) is 5.32 Å². The lowest BCUT2D eigenvalue weighted by molar-refractivity contribution is -0.134. The molecule has 110 valence electrons. The number of amides is 2. The number of hydrogen-bond acceptors (Lipinski definition) is 2. The van der Waals surface area contributed by atoms with Gasteiger partial charge in [0.2, 0.25) is 11.8 Å². The third kappa shape index (κ3) is 5.39. The van der Waals surface area contributed by atoms with Crippen LogP contribution in [0.5, 0.6) is 0 Å². The normalized spacial score (nSPS) is 10.2. The average Bonchev–Trinajstić information content (AvgIpc) is 2.40. The number of rotatable bonds is 6. The Bertz CT molecular complexity index is 492. The molecule has 4 nitrogen and oxygen atoms in total. The largest absolute Gasteiger partial charge is 0.355 e. The van der Waals surface area contributed by atoms with Crippen molar-refractivity contribution in [2.24, 2.45) is 0 Å². The predicted octanol–water partition coefficient (Wildman–Crippen LogP) is 2.52. The molecule has 0 heterocycles. The van der Waals surface area contributed by atoms with Gasteiger partial charge in [0, 0.05) is 13.6 Å². The van der Waals surface area contributed by atoms with Gasteiger partial charge in [0.15, 0.2) is 0 Å². The van der Waals surface area contributed by atoms with E-state index in [-0.39, 0.29) is 24.8 Å². The summed E-state index contributed by atoms with van der Waals surface area (Å²) in [5.74, 6) is -0.299. The highest BCUT2D eigenvalue weighted by atomic mass is 35.5. The van der Waals surface area contributed by atoms with E-state index in [1.165, 1.54) is 4.90 Å². The van der Waals surface area contributed by atoms with Gasteiger partial charge in [0.1, 0.15) is 0 Å². The van der Waals surface area contributed by atoms with Gasteiger partial charge >= 0.3 is 0 Å². The van der Waals surface area contributed by atoms with Crippen molar-refractivity contribution in [1.82, 2.24) is 10.2 Å². The summed E-state index contributed by atoms with van der Waals surface area (Å²) in [5.41, 5.74) is 0.769. The summed E-state index contributed by atoms with van der Waals surface area (Å²) < 4.78 is 0. The average molecular weight is 317 g/mol. The fraction of sp³-hybridized carbons (Fsp3) is 0.429. The molecular formula is C14H18Cl2N2O2. The number of nitrogens with one attached hydrogen (secondary N) is 1. The summed E-state index contributed by atoms with van der Waals surface area (Å²) in [7, 11) is 1.60. The van der Waals surface area contributed by atoms with Gasteiger partial charge < -0.3 is 10.2 Å². The van der Waals surface area contributed by atoms with E-state index in [1.807, 2.05) is 6.92 Å². The summed E-state index contributed by atoms with van der Waals surface area (Å²) in [5, 5.41) is 3.60. The first-order valence-corrected chi connectivity index (χ1v) is 7.14. The second kappa shape index (κ2) is 8.12. The molecule has 0 aliphatic heterocycles. The van der Waals surface area contributed by atoms with Gasteiger partial charge in [-0.3, -0.25) is 9.59 Å². The van der Waals surface area contributed by atoms with Crippen LogP contribution in [-0.2, 0) is 16.0 Å². The van der Waals surface area contributed by atoms with E-state index in [0.29, 0.717) is 16.6 Å². The molecule has 0 aromatic heterocycles. The Balaban J connectivity index is 2.52. The topological polar surface area (TPSA) is 49.4 Å². The van der Waals surface area contributed by atoms with Crippen molar-refractivity contribution in [1.29, 1.82) is 0 Å². The van der Waals surface area contributed by atoms with Gasteiger partial charge in [-0.2, -0.15) is 0 Å². The molecule has 0 bridgehead atoms. The molecule has 0 aliphatic rings. The van der Waals surface area contributed by atoms with Gasteiger partial charge in [-0.15, -0.1) is 0 Å². The number of nitrogens with zero attached hydrogens (tertiary/aromatic N) is 1. The molecule has 0 atom stereocenters. The van der Waals surface area contributed by atoms with Crippen LogP contribution in [-0.4, -0.2) is 36.9 Å². The van der Waals surface area contributed by atoms with Crippen molar-refractivity contribution in [3.8, 4) is 0 Å². The minimum Gasteiger partial charge on any atom is -0.355 e. The maximum Gasteiger partial charge on any atom is 0.239 e. The van der Waals surface area contributed by atoms with Crippen LogP contribution in [0.4, 0.5) is 0 Å². The Morgan fingerprint density at radius 2 is 1.95 bits per heavy atom. The van der Waals surface area contributed by atoms with Crippen LogP contribution in [0.2, 0.25) is 10.0 Å². The minimum atomic E-state index is -0.156. The SMILES string of the molecule is CCCNC(=O)CN(C)C(=O)Cc1ccc(Cl)c(Cl)c1. The third-order valence-corrected chi connectivity index (χ3v) is 3.46. The number of likely N-dealkylation sites (N-methyl/N-ethyl adjacent to an activating group) is 1. The van der Waals surface area contributed by atoms with Crippen molar-refractivity contribution in [2.45, 2.75) is 19.8 Å². The quantitative estimate of drug-likeness (QED) is 0.876. The minimum absolute atomic E-state index is 0.0557. The van der Waals surface area contributed by atoms with Gasteiger partial charge in [-0.1, -0.05) is 36.2 Å². The molecule has 6 heteroatoms. The van der Waals surface area contributed by atoms with Crippen LogP contribution >= 0.6 is 23.2 Å². The number of halogens is 2. The van der Waals surface area contributed by atoms with E-state index < -0.39 is 0 Å². The molecule has 20 heavy (non-hydrogen) atoms. The standard InChI is InChI=1S/C14H18Cl2N2O2/c1-3-6-17-13(19)9-18(2)14(20)8-10-4-5-11(15)12(16)7-10/h4-5,7H,3,6,8-9H2,1-2H3,(H,17,19). The molecule has 0 saturated carbocycles. The summed E-state index contributed by atoms with van der Waals surface area (Å²) in [4.78, 5) is 24.9. The van der Waals surface area contributed by atoms with Crippen LogP contribution in [0.1, 0.15) is 18.9 Å². The summed E-state index contributed by atoms with van der Waals surface area (Å²) in [6.07, 6.45) is 1.06. The fourth-order valence-corrected chi connectivity index (χ4v) is 1.90. The zero-order chi connectivity index (χ0) is 15.1. The molecule has 0 saturated heterocycles. The molecule has 1 N–H and O–H groups in total. The van der Waals surface area contributed by atoms with Crippen LogP contribution in [0, 0.1) is 0 Å². The fourth-order valence-electron chi connectivity index (χ4n) is 1.58. The smallest absolute Gasteiger partial charge is 0.239 e. The van der Waals surface area contributed by atoms with Crippen LogP contribution in [0.25, 0.3) is 0 Å². The predicted molar refractivity (Wildman–Crippen MR) is 81.1 cm³/mol. The molecule has 0 aliphatic carbocycles. The lowest BCUT2D eigenvalue weighted by Crippen LogP contribution is -2.39. The molecule has 2 amide bonds. The number of carbonyl (C=O) groups is 2. The highest BCUT2D eigenvalue weighted by Crippen LogP contribution is 2.22. The van der Waals surface area contributed by atoms with E-state index in [9.17, 15) is 9.59 Å². The van der Waals surface area contributed by atoms with Gasteiger partial charge in [0.25, 0.3) is 0 Å². The van der Waals surface area contributed by atoms with Crippen molar-refractivity contribution in [2.75, 3.05) is 20.1 Å². The van der Waals surface area contributed by atoms with E-state index in [1.54, 1.807) is 25.2 Å². The molecule has 1 aromatic rings. The van der Waals surface area contributed by atoms with E-state index in [4.69, 9.17) is 23.2 Å². The van der Waals surface area contributed by atoms with Crippen molar-refractivity contribution < 1.29 is 9.59 Å². The monoisotopic (exact) mass is 316 g/mol. The first-order valence-electron chi connectivity index (χ1n) is 6.38. The Morgan fingerprint density at radius 1 is 1.25 bits per heavy atom. The van der Waals surface area contributed by atoms with Gasteiger partial charge in [-0.25, -0.2) is 0 Å². The Hall–Kier alpha value is -1.26. The lowest BCUT2D eigenvalue weighted by Gasteiger charge is -2.17. The Labute approximate surface area is 129 Å². The molecular weight excluding hydrogens is 299 g/mol. The van der Waals surface area contributed by atoms with Crippen LogP contribution < -0.4 is 5.32 Å². The van der Waals surface area contributed by atoms with Gasteiger partial charge in [-0.05, 0) is 24.1 Å². The number of benzene rings is 1. The highest BCUT2D eigenvalue weighted by molar-refractivity contribution is 6.42. The zero-order valence-corrected chi connectivity index (χ0v) is 13.1. The number of carbonyl (C=O) groups excluding carboxylic acids is 2. The molecule has 0 radical (unpaired) electrons. The van der Waals surface area contributed by atoms with Crippen molar-refractivity contribution >= 4 is 35.0 Å². The third-order valence-electron chi connectivity index (χ3n) is 2.72. The maximum absolute atomic E-state index is 12.0. The van der Waals surface area contributed by atoms with Crippen LogP contribution in [0.15, 0.2) is 18.2 Å². The molecule has 0 spiro atoms. The maximum atomic E-state index is 12.0. The van der Waals surface area contributed by atoms with Crippen molar-refractivity contribution in [3.63, 3.8) is 0 Å². The Morgan fingerprint density at radius 3 is 2.55 bits per heavy atom. The Kier molecular flexibility index (Phi) is 6.82. The first kappa shape index (κ1) is 16.8. The zero-order valence-electron chi connectivity index (χ0n) is 11.6. The second-order valence-electron chi connectivity index (χ2n) is 4.52. The number of hydrogen-bond donors (Lipinski definition) is 1. The molecule has 0 fully saturated rings. The van der Waals surface area contributed by atoms with Gasteiger partial charge in [0.05, 0.1) is 23.0 Å². The summed E-state index contributed by atoms with van der Waals surface area (Å²) in [6, 6.07) is 5.06. The van der Waals surface area contributed by atoms with E-state index >= 15 is 0 Å². The molecule has 0 unspecified atom stereocenters. The second-order valence-corrected chi connectivity index (χ2v) is 5.34. The van der Waals surface area contributed by atoms with Crippen LogP contribution in [0.3, 0.4) is 0 Å². The summed E-state index contributed by atoms with van der Waals surface area (Å²) >= 11 is 11.7. The molecule has 1 rings (SSSR count). The lowest BCUT2D eigenvalue weighted by atomic mass is 10.1. The van der Waals surface area contributed by atoms with E-state index in [0.717, 1.165) is 12.0 Å². The highest BCUT2D eigenvalue weighted by Gasteiger charge is 2.13. The first-order chi connectivity index (χ1) is 9.43.